The van der Waals surface area contributed by atoms with Crippen LogP contribution in [-0.4, -0.2) is 58.4 Å². The number of benzene rings is 2. The van der Waals surface area contributed by atoms with Crippen LogP contribution in [0.1, 0.15) is 42.1 Å². The fraction of sp³-hybridized carbons (Fsp3) is 0.435. The molecule has 2 fully saturated rings. The Bertz CT molecular complexity index is 992. The number of hydrogen-bond acceptors (Lipinski definition) is 3. The second-order valence-corrected chi connectivity index (χ2v) is 8.47. The summed E-state index contributed by atoms with van der Waals surface area (Å²) in [6, 6.07) is 10.6. The Hall–Kier alpha value is -2.89. The zero-order valence-electron chi connectivity index (χ0n) is 16.9. The van der Waals surface area contributed by atoms with Crippen molar-refractivity contribution in [2.45, 2.75) is 39.2 Å². The van der Waals surface area contributed by atoms with Crippen molar-refractivity contribution in [1.82, 2.24) is 9.80 Å². The van der Waals surface area contributed by atoms with Crippen molar-refractivity contribution in [1.29, 1.82) is 0 Å². The Morgan fingerprint density at radius 3 is 2.31 bits per heavy atom. The van der Waals surface area contributed by atoms with Gasteiger partial charge in [-0.05, 0) is 54.0 Å². The third-order valence-electron chi connectivity index (χ3n) is 6.70. The second-order valence-electron chi connectivity index (χ2n) is 8.47. The van der Waals surface area contributed by atoms with Gasteiger partial charge in [0.1, 0.15) is 6.04 Å². The quantitative estimate of drug-likeness (QED) is 0.849. The van der Waals surface area contributed by atoms with Crippen LogP contribution in [0.3, 0.4) is 0 Å². The summed E-state index contributed by atoms with van der Waals surface area (Å²) in [4.78, 5) is 40.5. The van der Waals surface area contributed by atoms with Crippen LogP contribution in [0.2, 0.25) is 0 Å². The highest BCUT2D eigenvalue weighted by atomic mass is 16.4. The van der Waals surface area contributed by atoms with Crippen LogP contribution in [0, 0.1) is 12.3 Å². The Morgan fingerprint density at radius 1 is 1.03 bits per heavy atom. The van der Waals surface area contributed by atoms with E-state index in [1.165, 1.54) is 0 Å². The first-order valence-electron chi connectivity index (χ1n) is 10.1. The molecule has 2 aliphatic heterocycles. The van der Waals surface area contributed by atoms with E-state index >= 15 is 0 Å². The minimum atomic E-state index is -0.958. The molecule has 0 aliphatic carbocycles. The smallest absolute Gasteiger partial charge is 0.326 e. The molecule has 2 aliphatic rings. The van der Waals surface area contributed by atoms with Gasteiger partial charge in [-0.2, -0.15) is 0 Å². The Labute approximate surface area is 170 Å². The molecule has 4 rings (SSSR count). The molecular formula is C23H26N2O4. The van der Waals surface area contributed by atoms with Crippen LogP contribution < -0.4 is 0 Å². The number of nitrogens with zero attached hydrogens (tertiary/aromatic N) is 2. The first-order valence-corrected chi connectivity index (χ1v) is 10.1. The van der Waals surface area contributed by atoms with E-state index in [-0.39, 0.29) is 17.2 Å². The highest BCUT2D eigenvalue weighted by Crippen LogP contribution is 2.44. The normalized spacial score (nSPS) is 21.0. The Kier molecular flexibility index (Phi) is 4.81. The molecule has 0 bridgehead atoms. The number of carbonyl (C=O) groups is 3. The predicted octanol–water partition coefficient (Wildman–Crippen LogP) is 3.08. The number of fused-ring (bicyclic) bond motifs is 1. The lowest BCUT2D eigenvalue weighted by molar-refractivity contribution is -0.141. The van der Waals surface area contributed by atoms with Crippen molar-refractivity contribution in [2.24, 2.45) is 5.41 Å². The number of amides is 2. The van der Waals surface area contributed by atoms with Gasteiger partial charge in [0, 0.05) is 32.1 Å². The zero-order valence-corrected chi connectivity index (χ0v) is 16.9. The number of likely N-dealkylation sites (tertiary alicyclic amines) is 2. The zero-order chi connectivity index (χ0) is 20.8. The lowest BCUT2D eigenvalue weighted by Crippen LogP contribution is -2.44. The van der Waals surface area contributed by atoms with Crippen LogP contribution in [0.4, 0.5) is 0 Å². The first-order chi connectivity index (χ1) is 13.8. The average Bonchev–Trinajstić information content (AvgIpc) is 3.08. The van der Waals surface area contributed by atoms with Crippen molar-refractivity contribution in [3.8, 4) is 0 Å². The van der Waals surface area contributed by atoms with Gasteiger partial charge in [-0.1, -0.05) is 30.3 Å². The molecule has 2 aromatic carbocycles. The molecule has 2 saturated heterocycles. The molecule has 2 heterocycles. The van der Waals surface area contributed by atoms with Crippen molar-refractivity contribution >= 4 is 28.6 Å². The lowest BCUT2D eigenvalue weighted by Gasteiger charge is -2.38. The molecule has 6 nitrogen and oxygen atoms in total. The van der Waals surface area contributed by atoms with Gasteiger partial charge in [-0.15, -0.1) is 0 Å². The molecule has 0 unspecified atom stereocenters. The van der Waals surface area contributed by atoms with E-state index in [0.717, 1.165) is 29.2 Å². The van der Waals surface area contributed by atoms with Crippen LogP contribution in [0.5, 0.6) is 0 Å². The van der Waals surface area contributed by atoms with Crippen LogP contribution in [-0.2, 0) is 9.59 Å². The van der Waals surface area contributed by atoms with Crippen LogP contribution in [0.25, 0.3) is 10.8 Å². The Morgan fingerprint density at radius 2 is 1.69 bits per heavy atom. The number of carboxylic acids is 1. The van der Waals surface area contributed by atoms with E-state index in [4.69, 9.17) is 0 Å². The monoisotopic (exact) mass is 394 g/mol. The molecule has 152 valence electrons. The summed E-state index contributed by atoms with van der Waals surface area (Å²) in [6.45, 7) is 5.24. The van der Waals surface area contributed by atoms with Gasteiger partial charge in [0.25, 0.3) is 5.91 Å². The molecule has 1 spiro atoms. The van der Waals surface area contributed by atoms with Crippen molar-refractivity contribution in [3.05, 3.63) is 47.5 Å². The van der Waals surface area contributed by atoms with E-state index in [0.29, 0.717) is 31.6 Å². The number of rotatable bonds is 2. The summed E-state index contributed by atoms with van der Waals surface area (Å²) in [5.74, 6) is -1.13. The summed E-state index contributed by atoms with van der Waals surface area (Å²) in [6.07, 6.45) is 1.91. The average molecular weight is 394 g/mol. The molecule has 29 heavy (non-hydrogen) atoms. The van der Waals surface area contributed by atoms with E-state index in [2.05, 4.69) is 0 Å². The molecular weight excluding hydrogens is 368 g/mol. The highest BCUT2D eigenvalue weighted by Gasteiger charge is 2.50. The standard InChI is InChI=1S/C23H26N2O4/c1-15-7-8-19(18-6-4-3-5-17(15)18)21(27)25-14-23(13-20(25)22(28)29)9-11-24(12-10-23)16(2)26/h3-8,20H,9-14H2,1-2H3,(H,28,29)/t20-/m0/s1. The summed E-state index contributed by atoms with van der Waals surface area (Å²) in [5, 5.41) is 11.7. The Balaban J connectivity index is 1.65. The molecule has 0 saturated carbocycles. The maximum absolute atomic E-state index is 13.5. The van der Waals surface area contributed by atoms with Crippen LogP contribution >= 0.6 is 0 Å². The van der Waals surface area contributed by atoms with Gasteiger partial charge in [0.05, 0.1) is 0 Å². The first kappa shape index (κ1) is 19.4. The maximum Gasteiger partial charge on any atom is 0.326 e. The van der Waals surface area contributed by atoms with E-state index in [9.17, 15) is 19.5 Å². The molecule has 2 aromatic rings. The number of carbonyl (C=O) groups excluding carboxylic acids is 2. The number of piperidine rings is 1. The maximum atomic E-state index is 13.5. The van der Waals surface area contributed by atoms with Crippen LogP contribution in [0.15, 0.2) is 36.4 Å². The van der Waals surface area contributed by atoms with Crippen molar-refractivity contribution < 1.29 is 19.5 Å². The molecule has 1 N–H and O–H groups in total. The molecule has 6 heteroatoms. The fourth-order valence-corrected chi connectivity index (χ4v) is 4.94. The van der Waals surface area contributed by atoms with Gasteiger partial charge in [-0.3, -0.25) is 9.59 Å². The molecule has 1 atom stereocenters. The second kappa shape index (κ2) is 7.17. The van der Waals surface area contributed by atoms with E-state index in [1.807, 2.05) is 43.3 Å². The highest BCUT2D eigenvalue weighted by molar-refractivity contribution is 6.08. The minimum absolute atomic E-state index is 0.0479. The van der Waals surface area contributed by atoms with Gasteiger partial charge >= 0.3 is 5.97 Å². The number of aryl methyl sites for hydroxylation is 1. The largest absolute Gasteiger partial charge is 0.480 e. The van der Waals surface area contributed by atoms with Gasteiger partial charge in [-0.25, -0.2) is 4.79 Å². The van der Waals surface area contributed by atoms with E-state index < -0.39 is 12.0 Å². The molecule has 0 aromatic heterocycles. The predicted molar refractivity (Wildman–Crippen MR) is 110 cm³/mol. The number of hydrogen-bond donors (Lipinski definition) is 1. The van der Waals surface area contributed by atoms with Gasteiger partial charge < -0.3 is 14.9 Å². The summed E-state index contributed by atoms with van der Waals surface area (Å²) in [7, 11) is 0. The minimum Gasteiger partial charge on any atom is -0.480 e. The third-order valence-corrected chi connectivity index (χ3v) is 6.70. The van der Waals surface area contributed by atoms with Crippen molar-refractivity contribution in [3.63, 3.8) is 0 Å². The lowest BCUT2D eigenvalue weighted by atomic mass is 9.76. The fourth-order valence-electron chi connectivity index (χ4n) is 4.94. The third kappa shape index (κ3) is 3.37. The van der Waals surface area contributed by atoms with E-state index in [1.54, 1.807) is 16.7 Å². The summed E-state index contributed by atoms with van der Waals surface area (Å²) >= 11 is 0. The number of aliphatic carboxylic acids is 1. The molecule has 0 radical (unpaired) electrons. The van der Waals surface area contributed by atoms with Gasteiger partial charge in [0.15, 0.2) is 0 Å². The number of carboxylic acid groups (broad SMARTS) is 1. The molecule has 2 amide bonds. The SMILES string of the molecule is CC(=O)N1CCC2(CC1)C[C@@H](C(=O)O)N(C(=O)c1ccc(C)c3ccccc13)C2. The van der Waals surface area contributed by atoms with Gasteiger partial charge in [0.2, 0.25) is 5.91 Å². The van der Waals surface area contributed by atoms with Crippen molar-refractivity contribution in [2.75, 3.05) is 19.6 Å². The topological polar surface area (TPSA) is 77.9 Å². The summed E-state index contributed by atoms with van der Waals surface area (Å²) in [5.41, 5.74) is 1.41. The summed E-state index contributed by atoms with van der Waals surface area (Å²) < 4.78 is 0.